The number of halogens is 3. The molecule has 0 atom stereocenters. The van der Waals surface area contributed by atoms with Gasteiger partial charge in [0.05, 0.1) is 0 Å². The summed E-state index contributed by atoms with van der Waals surface area (Å²) in [6.45, 7) is 5.24. The number of carbonyl (C=O) groups is 1. The minimum Gasteiger partial charge on any atom is -0.339 e. The molecule has 0 rings (SSSR count). The van der Waals surface area contributed by atoms with Gasteiger partial charge in [0.25, 0.3) is 9.70 Å². The topological polar surface area (TPSA) is 20.3 Å². The Morgan fingerprint density at radius 2 is 1.54 bits per heavy atom. The fourth-order valence-corrected chi connectivity index (χ4v) is 1.39. The maximum Gasteiger partial charge on any atom is 0.274 e. The highest BCUT2D eigenvalue weighted by atomic mass is 35.6. The Kier molecular flexibility index (Phi) is 6.10. The zero-order valence-electron chi connectivity index (χ0n) is 7.82. The van der Waals surface area contributed by atoms with Crippen molar-refractivity contribution in [3.63, 3.8) is 0 Å². The molecule has 0 aliphatic heterocycles. The molecule has 0 unspecified atom stereocenters. The summed E-state index contributed by atoms with van der Waals surface area (Å²) in [5.41, 5.74) is 0. The van der Waals surface area contributed by atoms with Crippen molar-refractivity contribution in [3.8, 4) is 0 Å². The lowest BCUT2D eigenvalue weighted by atomic mass is 10.3. The molecule has 0 aromatic carbocycles. The molecule has 0 N–H and O–H groups in total. The maximum absolute atomic E-state index is 11.5. The lowest BCUT2D eigenvalue weighted by Crippen LogP contribution is -2.40. The second-order valence-corrected chi connectivity index (χ2v) is 5.07. The Labute approximate surface area is 94.1 Å². The number of hydrogen-bond donors (Lipinski definition) is 0. The van der Waals surface area contributed by atoms with E-state index in [1.807, 2.05) is 13.8 Å². The summed E-state index contributed by atoms with van der Waals surface area (Å²) in [6.07, 6.45) is 1.74. The van der Waals surface area contributed by atoms with E-state index in [0.717, 1.165) is 12.8 Å². The van der Waals surface area contributed by atoms with Crippen LogP contribution in [0.3, 0.4) is 0 Å². The van der Waals surface area contributed by atoms with Crippen LogP contribution in [0.25, 0.3) is 0 Å². The van der Waals surface area contributed by atoms with Crippen molar-refractivity contribution in [1.29, 1.82) is 0 Å². The van der Waals surface area contributed by atoms with E-state index in [0.29, 0.717) is 13.1 Å². The number of rotatable bonds is 4. The molecule has 0 aromatic rings. The lowest BCUT2D eigenvalue weighted by molar-refractivity contribution is -0.130. The van der Waals surface area contributed by atoms with Crippen molar-refractivity contribution in [2.45, 2.75) is 30.5 Å². The third-order valence-corrected chi connectivity index (χ3v) is 2.00. The molecule has 5 heteroatoms. The SMILES string of the molecule is CCCN(CCC)C(=O)C(Cl)(Cl)Cl. The number of alkyl halides is 3. The van der Waals surface area contributed by atoms with Gasteiger partial charge in [0.1, 0.15) is 0 Å². The molecular weight excluding hydrogens is 232 g/mol. The summed E-state index contributed by atoms with van der Waals surface area (Å²) in [4.78, 5) is 13.1. The summed E-state index contributed by atoms with van der Waals surface area (Å²) in [6, 6.07) is 0. The monoisotopic (exact) mass is 245 g/mol. The summed E-state index contributed by atoms with van der Waals surface area (Å²) in [7, 11) is 0. The van der Waals surface area contributed by atoms with Crippen LogP contribution in [-0.4, -0.2) is 27.7 Å². The van der Waals surface area contributed by atoms with Crippen LogP contribution in [-0.2, 0) is 4.79 Å². The Morgan fingerprint density at radius 3 is 1.77 bits per heavy atom. The van der Waals surface area contributed by atoms with Gasteiger partial charge in [-0.15, -0.1) is 0 Å². The smallest absolute Gasteiger partial charge is 0.274 e. The van der Waals surface area contributed by atoms with Gasteiger partial charge in [0, 0.05) is 13.1 Å². The van der Waals surface area contributed by atoms with E-state index in [1.165, 1.54) is 0 Å². The average Bonchev–Trinajstić information content (AvgIpc) is 2.01. The lowest BCUT2D eigenvalue weighted by Gasteiger charge is -2.24. The normalized spacial score (nSPS) is 11.5. The fraction of sp³-hybridized carbons (Fsp3) is 0.875. The van der Waals surface area contributed by atoms with Crippen LogP contribution < -0.4 is 0 Å². The van der Waals surface area contributed by atoms with E-state index >= 15 is 0 Å². The van der Waals surface area contributed by atoms with E-state index in [1.54, 1.807) is 4.90 Å². The number of carbonyl (C=O) groups excluding carboxylic acids is 1. The van der Waals surface area contributed by atoms with E-state index in [-0.39, 0.29) is 0 Å². The van der Waals surface area contributed by atoms with Crippen molar-refractivity contribution >= 4 is 40.7 Å². The van der Waals surface area contributed by atoms with Gasteiger partial charge >= 0.3 is 0 Å². The zero-order chi connectivity index (χ0) is 10.5. The Balaban J connectivity index is 4.27. The number of nitrogens with zero attached hydrogens (tertiary/aromatic N) is 1. The zero-order valence-corrected chi connectivity index (χ0v) is 10.1. The molecule has 0 fully saturated rings. The Hall–Kier alpha value is 0.340. The molecular formula is C8H14Cl3NO. The molecule has 0 saturated carbocycles. The highest BCUT2D eigenvalue weighted by Crippen LogP contribution is 2.28. The first kappa shape index (κ1) is 13.3. The molecule has 13 heavy (non-hydrogen) atoms. The Bertz CT molecular complexity index is 161. The van der Waals surface area contributed by atoms with Gasteiger partial charge in [-0.05, 0) is 12.8 Å². The first-order chi connectivity index (χ1) is 5.93. The van der Waals surface area contributed by atoms with Crippen molar-refractivity contribution in [2.75, 3.05) is 13.1 Å². The average molecular weight is 247 g/mol. The van der Waals surface area contributed by atoms with E-state index in [2.05, 4.69) is 0 Å². The van der Waals surface area contributed by atoms with Gasteiger partial charge in [0.15, 0.2) is 0 Å². The van der Waals surface area contributed by atoms with Crippen LogP contribution in [0.15, 0.2) is 0 Å². The highest BCUT2D eigenvalue weighted by molar-refractivity contribution is 6.76. The van der Waals surface area contributed by atoms with E-state index < -0.39 is 9.70 Å². The van der Waals surface area contributed by atoms with Crippen LogP contribution >= 0.6 is 34.8 Å². The molecule has 0 saturated heterocycles. The molecule has 78 valence electrons. The first-order valence-corrected chi connectivity index (χ1v) is 5.43. The number of hydrogen-bond acceptors (Lipinski definition) is 1. The van der Waals surface area contributed by atoms with Gasteiger partial charge in [-0.3, -0.25) is 4.79 Å². The third-order valence-electron chi connectivity index (χ3n) is 1.52. The van der Waals surface area contributed by atoms with Crippen LogP contribution in [0, 0.1) is 0 Å². The Morgan fingerprint density at radius 1 is 1.15 bits per heavy atom. The summed E-state index contributed by atoms with van der Waals surface area (Å²) in [5.74, 6) is -0.429. The molecule has 0 bridgehead atoms. The second kappa shape index (κ2) is 5.94. The number of amides is 1. The van der Waals surface area contributed by atoms with Gasteiger partial charge in [-0.1, -0.05) is 48.7 Å². The summed E-state index contributed by atoms with van der Waals surface area (Å²) in [5, 5.41) is 0. The second-order valence-electron chi connectivity index (χ2n) is 2.79. The van der Waals surface area contributed by atoms with Gasteiger partial charge in [-0.25, -0.2) is 0 Å². The standard InChI is InChI=1S/C8H14Cl3NO/c1-3-5-12(6-4-2)7(13)8(9,10)11/h3-6H2,1-2H3. The van der Waals surface area contributed by atoms with Crippen molar-refractivity contribution in [1.82, 2.24) is 4.90 Å². The van der Waals surface area contributed by atoms with Crippen molar-refractivity contribution in [3.05, 3.63) is 0 Å². The molecule has 0 aliphatic carbocycles. The molecule has 0 heterocycles. The quantitative estimate of drug-likeness (QED) is 0.698. The molecule has 0 aliphatic rings. The minimum absolute atomic E-state index is 0.429. The van der Waals surface area contributed by atoms with Crippen LogP contribution in [0.5, 0.6) is 0 Å². The van der Waals surface area contributed by atoms with Crippen LogP contribution in [0.1, 0.15) is 26.7 Å². The molecule has 1 amide bonds. The summed E-state index contributed by atoms with van der Waals surface area (Å²) >= 11 is 16.5. The molecule has 0 radical (unpaired) electrons. The van der Waals surface area contributed by atoms with Crippen molar-refractivity contribution in [2.24, 2.45) is 0 Å². The van der Waals surface area contributed by atoms with Gasteiger partial charge < -0.3 is 4.90 Å². The van der Waals surface area contributed by atoms with E-state index in [4.69, 9.17) is 34.8 Å². The van der Waals surface area contributed by atoms with Crippen LogP contribution in [0.2, 0.25) is 0 Å². The highest BCUT2D eigenvalue weighted by Gasteiger charge is 2.34. The predicted molar refractivity (Wildman–Crippen MR) is 57.5 cm³/mol. The minimum atomic E-state index is -1.82. The van der Waals surface area contributed by atoms with E-state index in [9.17, 15) is 4.79 Å². The van der Waals surface area contributed by atoms with Gasteiger partial charge in [-0.2, -0.15) is 0 Å². The predicted octanol–water partition coefficient (Wildman–Crippen LogP) is 3.01. The van der Waals surface area contributed by atoms with Crippen molar-refractivity contribution < 1.29 is 4.79 Å². The third kappa shape index (κ3) is 4.94. The fourth-order valence-electron chi connectivity index (χ4n) is 1.03. The maximum atomic E-state index is 11.5. The molecule has 2 nitrogen and oxygen atoms in total. The van der Waals surface area contributed by atoms with Crippen LogP contribution in [0.4, 0.5) is 0 Å². The van der Waals surface area contributed by atoms with Gasteiger partial charge in [0.2, 0.25) is 0 Å². The largest absolute Gasteiger partial charge is 0.339 e. The first-order valence-electron chi connectivity index (χ1n) is 4.29. The summed E-state index contributed by atoms with van der Waals surface area (Å²) < 4.78 is -1.82. The molecule has 0 spiro atoms. The molecule has 0 aromatic heterocycles.